The van der Waals surface area contributed by atoms with Crippen LogP contribution in [0.2, 0.25) is 0 Å². The van der Waals surface area contributed by atoms with Crippen molar-refractivity contribution in [2.24, 2.45) is 0 Å². The highest BCUT2D eigenvalue weighted by Gasteiger charge is 2.18. The molecule has 0 unspecified atom stereocenters. The van der Waals surface area contributed by atoms with Crippen LogP contribution in [-0.2, 0) is 4.79 Å². The van der Waals surface area contributed by atoms with Gasteiger partial charge in [-0.25, -0.2) is 0 Å². The highest BCUT2D eigenvalue weighted by Crippen LogP contribution is 2.25. The molecule has 5 heteroatoms. The van der Waals surface area contributed by atoms with E-state index in [2.05, 4.69) is 5.32 Å². The average molecular weight is 293 g/mol. The van der Waals surface area contributed by atoms with Gasteiger partial charge in [-0.3, -0.25) is 9.59 Å². The molecule has 0 atom stereocenters. The molecule has 0 saturated carbocycles. The van der Waals surface area contributed by atoms with Crippen molar-refractivity contribution in [2.75, 3.05) is 13.7 Å². The first-order valence-electron chi connectivity index (χ1n) is 6.92. The standard InChI is InChI=1S/C16H23NO4/c1-6-16(3,4)17-15(19)10-21-14-9-12(20-5)7-8-13(14)11(2)18/h7-9H,6,10H2,1-5H3,(H,17,19). The summed E-state index contributed by atoms with van der Waals surface area (Å²) in [4.78, 5) is 23.4. The Hall–Kier alpha value is -2.04. The summed E-state index contributed by atoms with van der Waals surface area (Å²) in [5.74, 6) is 0.580. The van der Waals surface area contributed by atoms with Crippen molar-refractivity contribution < 1.29 is 19.1 Å². The van der Waals surface area contributed by atoms with E-state index in [1.165, 1.54) is 14.0 Å². The third kappa shape index (κ3) is 5.10. The van der Waals surface area contributed by atoms with Gasteiger partial charge in [-0.1, -0.05) is 6.92 Å². The van der Waals surface area contributed by atoms with Crippen LogP contribution in [0.5, 0.6) is 11.5 Å². The van der Waals surface area contributed by atoms with Crippen LogP contribution in [0.1, 0.15) is 44.5 Å². The number of benzene rings is 1. The first-order chi connectivity index (χ1) is 9.79. The topological polar surface area (TPSA) is 64.6 Å². The van der Waals surface area contributed by atoms with Gasteiger partial charge in [0, 0.05) is 11.6 Å². The number of ketones is 1. The maximum Gasteiger partial charge on any atom is 0.258 e. The number of hydrogen-bond donors (Lipinski definition) is 1. The molecule has 0 fully saturated rings. The summed E-state index contributed by atoms with van der Waals surface area (Å²) in [7, 11) is 1.53. The summed E-state index contributed by atoms with van der Waals surface area (Å²) in [6, 6.07) is 4.92. The summed E-state index contributed by atoms with van der Waals surface area (Å²) in [5, 5.41) is 2.87. The molecule has 1 amide bonds. The second-order valence-electron chi connectivity index (χ2n) is 5.49. The van der Waals surface area contributed by atoms with Crippen LogP contribution in [-0.4, -0.2) is 30.9 Å². The van der Waals surface area contributed by atoms with E-state index in [0.29, 0.717) is 17.1 Å². The van der Waals surface area contributed by atoms with Crippen molar-refractivity contribution in [2.45, 2.75) is 39.7 Å². The number of methoxy groups -OCH3 is 1. The SMILES string of the molecule is CCC(C)(C)NC(=O)COc1cc(OC)ccc1C(C)=O. The predicted octanol–water partition coefficient (Wildman–Crippen LogP) is 2.58. The number of ether oxygens (including phenoxy) is 2. The third-order valence-electron chi connectivity index (χ3n) is 3.29. The van der Waals surface area contributed by atoms with Gasteiger partial charge in [0.1, 0.15) is 11.5 Å². The molecule has 0 aliphatic heterocycles. The van der Waals surface area contributed by atoms with Crippen molar-refractivity contribution in [3.63, 3.8) is 0 Å². The Morgan fingerprint density at radius 1 is 1.29 bits per heavy atom. The predicted molar refractivity (Wildman–Crippen MR) is 81.0 cm³/mol. The van der Waals surface area contributed by atoms with E-state index in [-0.39, 0.29) is 23.8 Å². The first-order valence-corrected chi connectivity index (χ1v) is 6.92. The van der Waals surface area contributed by atoms with Gasteiger partial charge in [0.15, 0.2) is 12.4 Å². The molecule has 0 spiro atoms. The van der Waals surface area contributed by atoms with Gasteiger partial charge in [0.2, 0.25) is 0 Å². The molecule has 1 N–H and O–H groups in total. The number of hydrogen-bond acceptors (Lipinski definition) is 4. The Kier molecular flexibility index (Phi) is 5.76. The Morgan fingerprint density at radius 3 is 2.48 bits per heavy atom. The number of nitrogens with one attached hydrogen (secondary N) is 1. The Bertz CT molecular complexity index is 523. The Labute approximate surface area is 125 Å². The molecule has 0 radical (unpaired) electrons. The summed E-state index contributed by atoms with van der Waals surface area (Å²) >= 11 is 0. The van der Waals surface area contributed by atoms with E-state index in [4.69, 9.17) is 9.47 Å². The fourth-order valence-electron chi connectivity index (χ4n) is 1.69. The van der Waals surface area contributed by atoms with E-state index < -0.39 is 0 Å². The van der Waals surface area contributed by atoms with E-state index in [0.717, 1.165) is 6.42 Å². The quantitative estimate of drug-likeness (QED) is 0.785. The van der Waals surface area contributed by atoms with Crippen LogP contribution < -0.4 is 14.8 Å². The minimum atomic E-state index is -0.280. The number of carbonyl (C=O) groups excluding carboxylic acids is 2. The van der Waals surface area contributed by atoms with Gasteiger partial charge in [-0.15, -0.1) is 0 Å². The lowest BCUT2D eigenvalue weighted by Gasteiger charge is -2.24. The fraction of sp³-hybridized carbons (Fsp3) is 0.500. The second kappa shape index (κ2) is 7.11. The lowest BCUT2D eigenvalue weighted by molar-refractivity contribution is -0.124. The highest BCUT2D eigenvalue weighted by atomic mass is 16.5. The van der Waals surface area contributed by atoms with Crippen molar-refractivity contribution in [3.8, 4) is 11.5 Å². The molecule has 0 aliphatic rings. The summed E-state index contributed by atoms with van der Waals surface area (Å²) in [5.41, 5.74) is 0.149. The summed E-state index contributed by atoms with van der Waals surface area (Å²) in [6.45, 7) is 7.19. The maximum absolute atomic E-state index is 11.9. The van der Waals surface area contributed by atoms with E-state index in [1.54, 1.807) is 18.2 Å². The maximum atomic E-state index is 11.9. The van der Waals surface area contributed by atoms with Gasteiger partial charge >= 0.3 is 0 Å². The van der Waals surface area contributed by atoms with Gasteiger partial charge < -0.3 is 14.8 Å². The highest BCUT2D eigenvalue weighted by molar-refractivity contribution is 5.97. The van der Waals surface area contributed by atoms with Gasteiger partial charge in [0.05, 0.1) is 12.7 Å². The van der Waals surface area contributed by atoms with Gasteiger partial charge in [-0.05, 0) is 39.3 Å². The molecular weight excluding hydrogens is 270 g/mol. The molecule has 5 nitrogen and oxygen atoms in total. The molecule has 21 heavy (non-hydrogen) atoms. The minimum absolute atomic E-state index is 0.123. The zero-order valence-corrected chi connectivity index (χ0v) is 13.3. The molecule has 0 aromatic heterocycles. The molecule has 116 valence electrons. The van der Waals surface area contributed by atoms with Gasteiger partial charge in [-0.2, -0.15) is 0 Å². The molecule has 0 bridgehead atoms. The number of amides is 1. The van der Waals surface area contributed by atoms with Gasteiger partial charge in [0.25, 0.3) is 5.91 Å². The van der Waals surface area contributed by atoms with Crippen LogP contribution in [0, 0.1) is 0 Å². The van der Waals surface area contributed by atoms with Crippen LogP contribution in [0.15, 0.2) is 18.2 Å². The largest absolute Gasteiger partial charge is 0.497 e. The minimum Gasteiger partial charge on any atom is -0.497 e. The van der Waals surface area contributed by atoms with Crippen LogP contribution in [0.3, 0.4) is 0 Å². The van der Waals surface area contributed by atoms with E-state index >= 15 is 0 Å². The number of carbonyl (C=O) groups is 2. The van der Waals surface area contributed by atoms with Crippen molar-refractivity contribution in [3.05, 3.63) is 23.8 Å². The summed E-state index contributed by atoms with van der Waals surface area (Å²) in [6.07, 6.45) is 0.816. The molecule has 0 aliphatic carbocycles. The number of Topliss-reactive ketones (excluding diaryl/α,β-unsaturated/α-hetero) is 1. The summed E-state index contributed by atoms with van der Waals surface area (Å²) < 4.78 is 10.6. The zero-order chi connectivity index (χ0) is 16.0. The second-order valence-corrected chi connectivity index (χ2v) is 5.49. The van der Waals surface area contributed by atoms with Crippen LogP contribution >= 0.6 is 0 Å². The Morgan fingerprint density at radius 2 is 1.95 bits per heavy atom. The van der Waals surface area contributed by atoms with Crippen molar-refractivity contribution in [1.29, 1.82) is 0 Å². The van der Waals surface area contributed by atoms with Crippen molar-refractivity contribution >= 4 is 11.7 Å². The Balaban J connectivity index is 2.78. The van der Waals surface area contributed by atoms with E-state index in [1.807, 2.05) is 20.8 Å². The van der Waals surface area contributed by atoms with E-state index in [9.17, 15) is 9.59 Å². The third-order valence-corrected chi connectivity index (χ3v) is 3.29. The molecule has 1 rings (SSSR count). The first kappa shape index (κ1) is 17.0. The lowest BCUT2D eigenvalue weighted by Crippen LogP contribution is -2.44. The lowest BCUT2D eigenvalue weighted by atomic mass is 10.0. The molecule has 1 aromatic rings. The number of rotatable bonds is 7. The monoisotopic (exact) mass is 293 g/mol. The molecule has 0 heterocycles. The smallest absolute Gasteiger partial charge is 0.258 e. The van der Waals surface area contributed by atoms with Crippen LogP contribution in [0.4, 0.5) is 0 Å². The van der Waals surface area contributed by atoms with Crippen molar-refractivity contribution in [1.82, 2.24) is 5.32 Å². The molecule has 1 aromatic carbocycles. The molecule has 0 saturated heterocycles. The van der Waals surface area contributed by atoms with Crippen LogP contribution in [0.25, 0.3) is 0 Å². The fourth-order valence-corrected chi connectivity index (χ4v) is 1.69. The normalized spacial score (nSPS) is 10.9. The zero-order valence-electron chi connectivity index (χ0n) is 13.3. The average Bonchev–Trinajstić information content (AvgIpc) is 2.44. The molecular formula is C16H23NO4.